The summed E-state index contributed by atoms with van der Waals surface area (Å²) < 4.78 is 5.15. The van der Waals surface area contributed by atoms with E-state index in [1.807, 2.05) is 6.92 Å². The van der Waals surface area contributed by atoms with E-state index < -0.39 is 23.9 Å². The second-order valence-electron chi connectivity index (χ2n) is 5.34. The summed E-state index contributed by atoms with van der Waals surface area (Å²) in [5.74, 6) is -1.59. The van der Waals surface area contributed by atoms with Crippen molar-refractivity contribution in [1.82, 2.24) is 0 Å². The molecule has 2 aromatic carbocycles. The van der Waals surface area contributed by atoms with E-state index in [9.17, 15) is 14.4 Å². The first kappa shape index (κ1) is 17.2. The number of esters is 1. The number of nitrogens with one attached hydrogen (secondary N) is 1. The smallest absolute Gasteiger partial charge is 0.338 e. The number of hydrogen-bond acceptors (Lipinski definition) is 4. The molecule has 2 amide bonds. The van der Waals surface area contributed by atoms with E-state index in [1.54, 1.807) is 36.4 Å². The summed E-state index contributed by atoms with van der Waals surface area (Å²) in [6.45, 7) is 3.40. The quantitative estimate of drug-likeness (QED) is 0.823. The van der Waals surface area contributed by atoms with E-state index in [0.717, 1.165) is 5.56 Å². The average molecular weight is 326 g/mol. The van der Waals surface area contributed by atoms with Crippen molar-refractivity contribution in [2.75, 3.05) is 5.32 Å². The van der Waals surface area contributed by atoms with Crippen LogP contribution in [0.3, 0.4) is 0 Å². The molecule has 0 aliphatic carbocycles. The number of hydrogen-bond donors (Lipinski definition) is 2. The normalized spacial score (nSPS) is 11.4. The van der Waals surface area contributed by atoms with Crippen molar-refractivity contribution in [2.24, 2.45) is 5.73 Å². The second-order valence-corrected chi connectivity index (χ2v) is 5.34. The van der Waals surface area contributed by atoms with Gasteiger partial charge in [0, 0.05) is 11.3 Å². The monoisotopic (exact) mass is 326 g/mol. The summed E-state index contributed by atoms with van der Waals surface area (Å²) in [5, 5.41) is 2.61. The third-order valence-electron chi connectivity index (χ3n) is 3.38. The van der Waals surface area contributed by atoms with Crippen LogP contribution in [0.25, 0.3) is 0 Å². The Labute approximate surface area is 139 Å². The molecule has 0 fully saturated rings. The minimum absolute atomic E-state index is 0.340. The fourth-order valence-electron chi connectivity index (χ4n) is 1.93. The molecular formula is C18H18N2O4. The zero-order valence-corrected chi connectivity index (χ0v) is 13.4. The Bertz CT molecular complexity index is 752. The lowest BCUT2D eigenvalue weighted by Crippen LogP contribution is -2.30. The van der Waals surface area contributed by atoms with Gasteiger partial charge in [-0.25, -0.2) is 4.79 Å². The number of primary amides is 1. The number of amides is 2. The van der Waals surface area contributed by atoms with Gasteiger partial charge in [-0.2, -0.15) is 0 Å². The number of carbonyl (C=O) groups excluding carboxylic acids is 3. The molecule has 0 bridgehead atoms. The zero-order chi connectivity index (χ0) is 17.7. The highest BCUT2D eigenvalue weighted by Crippen LogP contribution is 2.11. The van der Waals surface area contributed by atoms with Gasteiger partial charge in [0.05, 0.1) is 5.56 Å². The number of rotatable bonds is 5. The Morgan fingerprint density at radius 2 is 1.50 bits per heavy atom. The Kier molecular flexibility index (Phi) is 5.31. The van der Waals surface area contributed by atoms with Crippen LogP contribution in [0, 0.1) is 6.92 Å². The van der Waals surface area contributed by atoms with Gasteiger partial charge in [-0.3, -0.25) is 9.59 Å². The van der Waals surface area contributed by atoms with Crippen LogP contribution in [0.1, 0.15) is 33.2 Å². The number of nitrogens with two attached hydrogens (primary N) is 1. The Morgan fingerprint density at radius 1 is 0.958 bits per heavy atom. The topological polar surface area (TPSA) is 98.5 Å². The van der Waals surface area contributed by atoms with E-state index in [4.69, 9.17) is 10.5 Å². The first-order chi connectivity index (χ1) is 11.4. The van der Waals surface area contributed by atoms with Crippen molar-refractivity contribution in [2.45, 2.75) is 20.0 Å². The van der Waals surface area contributed by atoms with Crippen LogP contribution >= 0.6 is 0 Å². The largest absolute Gasteiger partial charge is 0.449 e. The predicted molar refractivity (Wildman–Crippen MR) is 89.6 cm³/mol. The van der Waals surface area contributed by atoms with Crippen LogP contribution < -0.4 is 11.1 Å². The summed E-state index contributed by atoms with van der Waals surface area (Å²) in [6.07, 6.45) is -0.963. The number of ether oxygens (including phenoxy) is 1. The fraction of sp³-hybridized carbons (Fsp3) is 0.167. The molecule has 124 valence electrons. The molecule has 0 aliphatic rings. The van der Waals surface area contributed by atoms with Gasteiger partial charge in [0.25, 0.3) is 5.91 Å². The van der Waals surface area contributed by atoms with E-state index in [0.29, 0.717) is 16.8 Å². The molecule has 0 spiro atoms. The summed E-state index contributed by atoms with van der Waals surface area (Å²) in [4.78, 5) is 35.1. The molecule has 2 aromatic rings. The van der Waals surface area contributed by atoms with Crippen molar-refractivity contribution >= 4 is 23.5 Å². The molecule has 0 aliphatic heterocycles. The van der Waals surface area contributed by atoms with Crippen LogP contribution in [0.5, 0.6) is 0 Å². The minimum atomic E-state index is -0.963. The van der Waals surface area contributed by atoms with Crippen LogP contribution in [0.2, 0.25) is 0 Å². The van der Waals surface area contributed by atoms with Crippen molar-refractivity contribution in [3.8, 4) is 0 Å². The summed E-state index contributed by atoms with van der Waals surface area (Å²) in [6, 6.07) is 13.0. The van der Waals surface area contributed by atoms with Gasteiger partial charge in [0.2, 0.25) is 5.91 Å². The van der Waals surface area contributed by atoms with Crippen LogP contribution in [0.15, 0.2) is 48.5 Å². The second kappa shape index (κ2) is 7.41. The highest BCUT2D eigenvalue weighted by atomic mass is 16.5. The van der Waals surface area contributed by atoms with Crippen LogP contribution in [0.4, 0.5) is 5.69 Å². The molecule has 0 radical (unpaired) electrons. The lowest BCUT2D eigenvalue weighted by Gasteiger charge is -2.13. The van der Waals surface area contributed by atoms with E-state index >= 15 is 0 Å². The standard InChI is InChI=1S/C18H18N2O4/c1-11-3-5-14(6-4-11)18(23)24-12(2)17(22)20-15-9-7-13(8-10-15)16(19)21/h3-10,12H,1-2H3,(H2,19,21)(H,20,22)/t12-/m1/s1. The first-order valence-corrected chi connectivity index (χ1v) is 7.35. The predicted octanol–water partition coefficient (Wildman–Crippen LogP) is 2.28. The highest BCUT2D eigenvalue weighted by molar-refractivity contribution is 5.98. The molecule has 6 nitrogen and oxygen atoms in total. The first-order valence-electron chi connectivity index (χ1n) is 7.35. The van der Waals surface area contributed by atoms with E-state index in [1.165, 1.54) is 19.1 Å². The van der Waals surface area contributed by atoms with Gasteiger partial charge in [-0.05, 0) is 50.2 Å². The van der Waals surface area contributed by atoms with Crippen molar-refractivity contribution in [1.29, 1.82) is 0 Å². The SMILES string of the molecule is Cc1ccc(C(=O)O[C@H](C)C(=O)Nc2ccc(C(N)=O)cc2)cc1. The average Bonchev–Trinajstić information content (AvgIpc) is 2.55. The maximum absolute atomic E-state index is 12.1. The van der Waals surface area contributed by atoms with Gasteiger partial charge < -0.3 is 15.8 Å². The Hall–Kier alpha value is -3.15. The number of carbonyl (C=O) groups is 3. The molecular weight excluding hydrogens is 308 g/mol. The molecule has 0 heterocycles. The van der Waals surface area contributed by atoms with Crippen LogP contribution in [-0.4, -0.2) is 23.9 Å². The van der Waals surface area contributed by atoms with Crippen molar-refractivity contribution in [3.05, 3.63) is 65.2 Å². The number of benzene rings is 2. The molecule has 0 aromatic heterocycles. The van der Waals surface area contributed by atoms with E-state index in [-0.39, 0.29) is 0 Å². The highest BCUT2D eigenvalue weighted by Gasteiger charge is 2.19. The lowest BCUT2D eigenvalue weighted by molar-refractivity contribution is -0.123. The number of aryl methyl sites for hydroxylation is 1. The zero-order valence-electron chi connectivity index (χ0n) is 13.4. The maximum Gasteiger partial charge on any atom is 0.338 e. The van der Waals surface area contributed by atoms with E-state index in [2.05, 4.69) is 5.32 Å². The Morgan fingerprint density at radius 3 is 2.04 bits per heavy atom. The molecule has 2 rings (SSSR count). The van der Waals surface area contributed by atoms with Gasteiger partial charge in [0.1, 0.15) is 0 Å². The van der Waals surface area contributed by atoms with Gasteiger partial charge in [-0.1, -0.05) is 17.7 Å². The van der Waals surface area contributed by atoms with Gasteiger partial charge in [-0.15, -0.1) is 0 Å². The molecule has 3 N–H and O–H groups in total. The summed E-state index contributed by atoms with van der Waals surface area (Å²) >= 11 is 0. The fourth-order valence-corrected chi connectivity index (χ4v) is 1.93. The number of anilines is 1. The van der Waals surface area contributed by atoms with Crippen molar-refractivity contribution < 1.29 is 19.1 Å². The molecule has 6 heteroatoms. The molecule has 0 saturated carbocycles. The van der Waals surface area contributed by atoms with Gasteiger partial charge in [0.15, 0.2) is 6.10 Å². The molecule has 24 heavy (non-hydrogen) atoms. The third-order valence-corrected chi connectivity index (χ3v) is 3.38. The summed E-state index contributed by atoms with van der Waals surface area (Å²) in [7, 11) is 0. The van der Waals surface area contributed by atoms with Crippen molar-refractivity contribution in [3.63, 3.8) is 0 Å². The molecule has 0 saturated heterocycles. The third kappa shape index (κ3) is 4.42. The summed E-state index contributed by atoms with van der Waals surface area (Å²) in [5.41, 5.74) is 7.37. The van der Waals surface area contributed by atoms with Gasteiger partial charge >= 0.3 is 5.97 Å². The minimum Gasteiger partial charge on any atom is -0.449 e. The Balaban J connectivity index is 1.95. The lowest BCUT2D eigenvalue weighted by atomic mass is 10.1. The molecule has 1 atom stereocenters. The molecule has 0 unspecified atom stereocenters. The van der Waals surface area contributed by atoms with Crippen LogP contribution in [-0.2, 0) is 9.53 Å². The maximum atomic E-state index is 12.1.